The smallest absolute Gasteiger partial charge is 0.135 e. The number of halogens is 1. The average Bonchev–Trinajstić information content (AvgIpc) is 2.62. The molecule has 96 valence electrons. The molecule has 17 heavy (non-hydrogen) atoms. The fraction of sp³-hybridized carbons (Fsp3) is 0.750. The van der Waals surface area contributed by atoms with Gasteiger partial charge in [0, 0.05) is 12.6 Å². The van der Waals surface area contributed by atoms with Crippen molar-refractivity contribution in [2.24, 2.45) is 12.8 Å². The van der Waals surface area contributed by atoms with E-state index in [9.17, 15) is 0 Å². The number of hydrogen-bond acceptors (Lipinski definition) is 3. The Labute approximate surface area is 107 Å². The van der Waals surface area contributed by atoms with Crippen molar-refractivity contribution >= 4 is 11.6 Å². The van der Waals surface area contributed by atoms with Crippen molar-refractivity contribution in [3.8, 4) is 0 Å². The SMILES string of the molecule is Cn1c(Cl)cnc1COCC1(N)CCCCC1. The highest BCUT2D eigenvalue weighted by Gasteiger charge is 2.27. The van der Waals surface area contributed by atoms with Gasteiger partial charge in [-0.25, -0.2) is 4.98 Å². The molecule has 1 fully saturated rings. The van der Waals surface area contributed by atoms with E-state index in [1.165, 1.54) is 19.3 Å². The highest BCUT2D eigenvalue weighted by molar-refractivity contribution is 6.29. The number of imidazole rings is 1. The van der Waals surface area contributed by atoms with Crippen molar-refractivity contribution < 1.29 is 4.74 Å². The third-order valence-corrected chi connectivity index (χ3v) is 3.85. The molecule has 1 aromatic heterocycles. The van der Waals surface area contributed by atoms with Crippen LogP contribution in [-0.2, 0) is 18.4 Å². The van der Waals surface area contributed by atoms with Crippen LogP contribution in [0.4, 0.5) is 0 Å². The van der Waals surface area contributed by atoms with Crippen molar-refractivity contribution in [1.82, 2.24) is 9.55 Å². The van der Waals surface area contributed by atoms with E-state index < -0.39 is 0 Å². The third-order valence-electron chi connectivity index (χ3n) is 3.50. The first-order valence-electron chi connectivity index (χ1n) is 6.13. The minimum Gasteiger partial charge on any atom is -0.372 e. The minimum atomic E-state index is -0.132. The molecule has 2 rings (SSSR count). The molecule has 0 amide bonds. The Kier molecular flexibility index (Phi) is 4.07. The second-order valence-electron chi connectivity index (χ2n) is 4.97. The van der Waals surface area contributed by atoms with Crippen molar-refractivity contribution in [2.75, 3.05) is 6.61 Å². The Morgan fingerprint density at radius 2 is 2.18 bits per heavy atom. The van der Waals surface area contributed by atoms with Crippen LogP contribution in [0.2, 0.25) is 5.15 Å². The van der Waals surface area contributed by atoms with Gasteiger partial charge in [0.25, 0.3) is 0 Å². The maximum Gasteiger partial charge on any atom is 0.135 e. The predicted octanol–water partition coefficient (Wildman–Crippen LogP) is 2.25. The highest BCUT2D eigenvalue weighted by atomic mass is 35.5. The lowest BCUT2D eigenvalue weighted by atomic mass is 9.83. The van der Waals surface area contributed by atoms with E-state index in [-0.39, 0.29) is 5.54 Å². The van der Waals surface area contributed by atoms with Crippen molar-refractivity contribution in [3.05, 3.63) is 17.2 Å². The van der Waals surface area contributed by atoms with Crippen molar-refractivity contribution in [3.63, 3.8) is 0 Å². The zero-order valence-electron chi connectivity index (χ0n) is 10.3. The van der Waals surface area contributed by atoms with Crippen LogP contribution in [0.1, 0.15) is 37.9 Å². The van der Waals surface area contributed by atoms with Gasteiger partial charge in [0.2, 0.25) is 0 Å². The van der Waals surface area contributed by atoms with Crippen LogP contribution < -0.4 is 5.73 Å². The van der Waals surface area contributed by atoms with Crippen molar-refractivity contribution in [1.29, 1.82) is 0 Å². The molecule has 0 aliphatic heterocycles. The fourth-order valence-corrected chi connectivity index (χ4v) is 2.45. The second kappa shape index (κ2) is 5.38. The third kappa shape index (κ3) is 3.21. The second-order valence-corrected chi connectivity index (χ2v) is 5.36. The molecule has 0 unspecified atom stereocenters. The molecule has 0 spiro atoms. The van der Waals surface area contributed by atoms with E-state index in [1.807, 2.05) is 11.6 Å². The van der Waals surface area contributed by atoms with Gasteiger partial charge in [-0.15, -0.1) is 0 Å². The van der Waals surface area contributed by atoms with Gasteiger partial charge in [-0.3, -0.25) is 0 Å². The summed E-state index contributed by atoms with van der Waals surface area (Å²) in [7, 11) is 1.88. The Hall–Kier alpha value is -0.580. The first-order valence-corrected chi connectivity index (χ1v) is 6.51. The summed E-state index contributed by atoms with van der Waals surface area (Å²) >= 11 is 5.90. The lowest BCUT2D eigenvalue weighted by molar-refractivity contribution is 0.0530. The number of hydrogen-bond donors (Lipinski definition) is 1. The molecule has 1 saturated carbocycles. The summed E-state index contributed by atoms with van der Waals surface area (Å²) in [4.78, 5) is 4.19. The van der Waals surface area contributed by atoms with Crippen LogP contribution in [-0.4, -0.2) is 21.7 Å². The normalized spacial score (nSPS) is 19.5. The predicted molar refractivity (Wildman–Crippen MR) is 67.9 cm³/mol. The lowest BCUT2D eigenvalue weighted by Gasteiger charge is -2.32. The maximum absolute atomic E-state index is 6.29. The van der Waals surface area contributed by atoms with Crippen LogP contribution in [0.25, 0.3) is 0 Å². The molecular weight excluding hydrogens is 238 g/mol. The number of nitrogens with zero attached hydrogens (tertiary/aromatic N) is 2. The molecule has 1 aliphatic carbocycles. The number of rotatable bonds is 4. The topological polar surface area (TPSA) is 53.1 Å². The Balaban J connectivity index is 1.81. The average molecular weight is 258 g/mol. The number of nitrogens with two attached hydrogens (primary N) is 1. The summed E-state index contributed by atoms with van der Waals surface area (Å²) in [5.41, 5.74) is 6.16. The van der Waals surface area contributed by atoms with Gasteiger partial charge < -0.3 is 15.0 Å². The molecule has 0 aromatic carbocycles. The molecule has 0 atom stereocenters. The van der Waals surface area contributed by atoms with E-state index >= 15 is 0 Å². The summed E-state index contributed by atoms with van der Waals surface area (Å²) in [6.45, 7) is 1.08. The van der Waals surface area contributed by atoms with Gasteiger partial charge in [0.1, 0.15) is 17.6 Å². The summed E-state index contributed by atoms with van der Waals surface area (Å²) < 4.78 is 7.51. The lowest BCUT2D eigenvalue weighted by Crippen LogP contribution is -2.46. The Morgan fingerprint density at radius 1 is 1.47 bits per heavy atom. The summed E-state index contributed by atoms with van der Waals surface area (Å²) in [5, 5.41) is 0.628. The number of aromatic nitrogens is 2. The quantitative estimate of drug-likeness (QED) is 0.900. The molecule has 0 radical (unpaired) electrons. The first kappa shape index (κ1) is 12.9. The zero-order valence-corrected chi connectivity index (χ0v) is 11.0. The molecule has 0 saturated heterocycles. The molecular formula is C12H20ClN3O. The monoisotopic (exact) mass is 257 g/mol. The summed E-state index contributed by atoms with van der Waals surface area (Å²) in [6, 6.07) is 0. The first-order chi connectivity index (χ1) is 8.11. The van der Waals surface area contributed by atoms with Gasteiger partial charge >= 0.3 is 0 Å². The van der Waals surface area contributed by atoms with E-state index in [2.05, 4.69) is 4.98 Å². The van der Waals surface area contributed by atoms with Gasteiger partial charge in [-0.05, 0) is 12.8 Å². The van der Waals surface area contributed by atoms with Crippen LogP contribution in [0.3, 0.4) is 0 Å². The molecule has 0 bridgehead atoms. The molecule has 2 N–H and O–H groups in total. The van der Waals surface area contributed by atoms with Crippen molar-refractivity contribution in [2.45, 2.75) is 44.2 Å². The van der Waals surface area contributed by atoms with E-state index in [1.54, 1.807) is 6.20 Å². The van der Waals surface area contributed by atoms with E-state index in [4.69, 9.17) is 22.1 Å². The Morgan fingerprint density at radius 3 is 2.76 bits per heavy atom. The zero-order chi connectivity index (χ0) is 12.3. The highest BCUT2D eigenvalue weighted by Crippen LogP contribution is 2.26. The van der Waals surface area contributed by atoms with E-state index in [0.717, 1.165) is 18.7 Å². The standard InChI is InChI=1S/C12H20ClN3O/c1-16-10(13)7-15-11(16)8-17-9-12(14)5-3-2-4-6-12/h7H,2-6,8-9,14H2,1H3. The van der Waals surface area contributed by atoms with Crippen LogP contribution in [0, 0.1) is 0 Å². The maximum atomic E-state index is 6.29. The summed E-state index contributed by atoms with van der Waals surface area (Å²) in [6.07, 6.45) is 7.50. The fourth-order valence-electron chi connectivity index (χ4n) is 2.30. The molecule has 1 aromatic rings. The summed E-state index contributed by atoms with van der Waals surface area (Å²) in [5.74, 6) is 0.842. The largest absolute Gasteiger partial charge is 0.372 e. The molecule has 4 nitrogen and oxygen atoms in total. The van der Waals surface area contributed by atoms with Crippen LogP contribution >= 0.6 is 11.6 Å². The molecule has 1 heterocycles. The molecule has 5 heteroatoms. The van der Waals surface area contributed by atoms with E-state index in [0.29, 0.717) is 18.4 Å². The van der Waals surface area contributed by atoms with Gasteiger partial charge in [-0.1, -0.05) is 30.9 Å². The van der Waals surface area contributed by atoms with Crippen LogP contribution in [0.15, 0.2) is 6.20 Å². The molecule has 1 aliphatic rings. The minimum absolute atomic E-state index is 0.132. The van der Waals surface area contributed by atoms with Gasteiger partial charge in [0.15, 0.2) is 0 Å². The van der Waals surface area contributed by atoms with Crippen LogP contribution in [0.5, 0.6) is 0 Å². The van der Waals surface area contributed by atoms with Gasteiger partial charge in [-0.2, -0.15) is 0 Å². The Bertz CT molecular complexity index is 372. The van der Waals surface area contributed by atoms with Gasteiger partial charge in [0.05, 0.1) is 12.8 Å². The number of ether oxygens (including phenoxy) is 1.